The Balaban J connectivity index is 0.000000241. The number of hydrogen-bond donors (Lipinski definition) is 4. The van der Waals surface area contributed by atoms with Gasteiger partial charge in [-0.25, -0.2) is 19.6 Å². The molecule has 4 amide bonds. The average molecular weight is 1290 g/mol. The van der Waals surface area contributed by atoms with Gasteiger partial charge in [0.25, 0.3) is 0 Å². The predicted molar refractivity (Wildman–Crippen MR) is 346 cm³/mol. The van der Waals surface area contributed by atoms with E-state index in [1.807, 2.05) is 90.1 Å². The minimum atomic E-state index is -0.570. The van der Waals surface area contributed by atoms with Crippen LogP contribution in [0.25, 0.3) is 41.6 Å². The van der Waals surface area contributed by atoms with Gasteiger partial charge < -0.3 is 69.4 Å². The third-order valence-electron chi connectivity index (χ3n) is 12.6. The molecule has 0 unspecified atom stereocenters. The maximum Gasteiger partial charge on any atom is 0.410 e. The second kappa shape index (κ2) is 35.7. The zero-order valence-electron chi connectivity index (χ0n) is 51.7. The zero-order valence-corrected chi connectivity index (χ0v) is 54.9. The van der Waals surface area contributed by atoms with E-state index in [0.717, 1.165) is 72.5 Å². The van der Waals surface area contributed by atoms with Crippen molar-refractivity contribution in [2.45, 2.75) is 112 Å². The summed E-state index contributed by atoms with van der Waals surface area (Å²) < 4.78 is 44.0. The highest BCUT2D eigenvalue weighted by molar-refractivity contribution is 7.23. The normalized spacial score (nSPS) is 12.9. The summed E-state index contributed by atoms with van der Waals surface area (Å²) >= 11 is 6.20. The zero-order chi connectivity index (χ0) is 63.6. The lowest BCUT2D eigenvalue weighted by Crippen LogP contribution is -2.39. The maximum absolute atomic E-state index is 13.0. The van der Waals surface area contributed by atoms with Crippen molar-refractivity contribution >= 4 is 112 Å². The van der Waals surface area contributed by atoms with Crippen LogP contribution in [0.15, 0.2) is 61.2 Å². The molecule has 0 aliphatic carbocycles. The van der Waals surface area contributed by atoms with E-state index in [-0.39, 0.29) is 42.4 Å². The Morgan fingerprint density at radius 1 is 0.591 bits per heavy atom. The number of ether oxygens (including phenoxy) is 8. The molecule has 480 valence electrons. The highest BCUT2D eigenvalue weighted by Gasteiger charge is 2.33. The lowest BCUT2D eigenvalue weighted by atomic mass is 10.0. The van der Waals surface area contributed by atoms with E-state index < -0.39 is 11.2 Å². The Labute approximate surface area is 530 Å². The van der Waals surface area contributed by atoms with Crippen LogP contribution in [0, 0.1) is 0 Å². The van der Waals surface area contributed by atoms with E-state index in [4.69, 9.17) is 53.6 Å². The highest BCUT2D eigenvalue weighted by Crippen LogP contribution is 2.47. The van der Waals surface area contributed by atoms with Gasteiger partial charge in [0.05, 0.1) is 112 Å². The summed E-state index contributed by atoms with van der Waals surface area (Å²) in [6, 6.07) is 16.0. The van der Waals surface area contributed by atoms with Crippen molar-refractivity contribution in [1.82, 2.24) is 25.1 Å². The van der Waals surface area contributed by atoms with Crippen LogP contribution >= 0.6 is 45.3 Å². The van der Waals surface area contributed by atoms with E-state index in [9.17, 15) is 28.8 Å². The highest BCUT2D eigenvalue weighted by atomic mass is 32.1. The van der Waals surface area contributed by atoms with Gasteiger partial charge in [0.2, 0.25) is 11.8 Å². The number of amides is 4. The summed E-state index contributed by atoms with van der Waals surface area (Å²) in [5.74, 6) is -0.855. The molecule has 0 bridgehead atoms. The Kier molecular flexibility index (Phi) is 28.6. The van der Waals surface area contributed by atoms with Gasteiger partial charge in [-0.1, -0.05) is 30.8 Å². The molecule has 6 heterocycles. The molecule has 0 saturated carbocycles. The van der Waals surface area contributed by atoms with E-state index in [1.54, 1.807) is 46.3 Å². The average Bonchev–Trinajstić information content (AvgIpc) is 1.98. The molecule has 2 aliphatic heterocycles. The van der Waals surface area contributed by atoms with Crippen LogP contribution in [0.2, 0.25) is 0 Å². The predicted octanol–water partition coefficient (Wildman–Crippen LogP) is 10.6. The molecule has 22 nitrogen and oxygen atoms in total. The third-order valence-corrected chi connectivity index (χ3v) is 16.9. The summed E-state index contributed by atoms with van der Waals surface area (Å²) in [5.41, 5.74) is 10.1. The van der Waals surface area contributed by atoms with Crippen molar-refractivity contribution in [1.29, 1.82) is 0 Å². The molecule has 26 heteroatoms. The van der Waals surface area contributed by atoms with Crippen LogP contribution < -0.4 is 21.7 Å². The van der Waals surface area contributed by atoms with Crippen LogP contribution in [-0.2, 0) is 83.0 Å². The number of esters is 2. The smallest absolute Gasteiger partial charge is 0.410 e. The number of carbonyl (C=O) groups excluding carboxylic acids is 6. The fourth-order valence-electron chi connectivity index (χ4n) is 8.69. The van der Waals surface area contributed by atoms with E-state index >= 15 is 0 Å². The number of benzene rings is 2. The first-order valence-corrected chi connectivity index (χ1v) is 32.7. The number of nitrogens with two attached hydrogens (primary N) is 1. The van der Waals surface area contributed by atoms with Gasteiger partial charge in [-0.3, -0.25) is 19.2 Å². The second-order valence-electron chi connectivity index (χ2n) is 21.8. The molecule has 4 aromatic heterocycles. The van der Waals surface area contributed by atoms with Gasteiger partial charge in [-0.05, 0) is 110 Å². The molecule has 0 atom stereocenters. The Bertz CT molecular complexity index is 3190. The Morgan fingerprint density at radius 3 is 1.47 bits per heavy atom. The number of aromatic nitrogens is 2. The number of fused-ring (bicyclic) bond motifs is 4. The van der Waals surface area contributed by atoms with Crippen LogP contribution in [0.1, 0.15) is 95.5 Å². The van der Waals surface area contributed by atoms with Crippen molar-refractivity contribution < 1.29 is 66.7 Å². The summed E-state index contributed by atoms with van der Waals surface area (Å²) in [4.78, 5) is 87.7. The molecule has 8 rings (SSSR count). The monoisotopic (exact) mass is 1290 g/mol. The number of nitrogens with one attached hydrogen (secondary N) is 3. The summed E-state index contributed by atoms with van der Waals surface area (Å²) in [6.07, 6.45) is 2.77. The standard InChI is InChI=1S/C31H42N4O7S2.C22H23N3O3S2.C9H19NO4/c1-5-41-26(37)12-16-39-18-19-40-17-14-32-13-10-25(36)34-29-27(28-33-22-8-6-7-9-23(22)43-28)21-11-15-35(20-24(21)44-29)30(38)42-31(2,3)4;1-5-17(26)24-20-18(19-23-14-8-6-7-9-15(14)29-19)13-10-11-25(12-16(13)30-20)21(27)28-22(2,3)4;1-2-14-9(11)3-5-12-7-8-13-6-4-10/h6-9,32H,5,10-20H2,1-4H3,(H,34,36);5-9H,1,10-12H2,2-4H3,(H,24,26);2-8,10H2,1H3. The van der Waals surface area contributed by atoms with Gasteiger partial charge in [-0.2, -0.15) is 0 Å². The molecular weight excluding hydrogens is 1210 g/mol. The minimum Gasteiger partial charge on any atom is -0.466 e. The molecule has 2 aliphatic rings. The molecule has 6 aromatic rings. The molecule has 0 fully saturated rings. The number of hydrogen-bond acceptors (Lipinski definition) is 22. The number of thiazole rings is 2. The van der Waals surface area contributed by atoms with Crippen molar-refractivity contribution in [3.63, 3.8) is 0 Å². The number of anilines is 2. The second-order valence-corrected chi connectivity index (χ2v) is 26.1. The molecule has 88 heavy (non-hydrogen) atoms. The molecule has 0 spiro atoms. The van der Waals surface area contributed by atoms with Gasteiger partial charge in [0.1, 0.15) is 31.2 Å². The summed E-state index contributed by atoms with van der Waals surface area (Å²) in [6.45, 7) is 26.2. The van der Waals surface area contributed by atoms with Crippen molar-refractivity contribution in [3.05, 3.63) is 82.1 Å². The SMILES string of the molecule is C=CC(=O)Nc1sc2c(c1-c1nc3ccccc3s1)CCN(C(=O)OC(C)(C)C)C2.CCOC(=O)CCOCCOCCN.CCOC(=O)CCOCCOCCNCCC(=O)Nc1sc2c(c1-c1nc3ccccc3s1)CCN(C(=O)OC(C)(C)C)C2. The topological polar surface area (TPSA) is 271 Å². The first-order valence-electron chi connectivity index (χ1n) is 29.4. The largest absolute Gasteiger partial charge is 0.466 e. The minimum absolute atomic E-state index is 0.0987. The third kappa shape index (κ3) is 22.8. The van der Waals surface area contributed by atoms with Crippen LogP contribution in [-0.4, -0.2) is 166 Å². The fraction of sp³-hybridized carbons (Fsp3) is 0.516. The molecule has 5 N–H and O–H groups in total. The van der Waals surface area contributed by atoms with Crippen molar-refractivity contribution in [3.8, 4) is 21.1 Å². The lowest BCUT2D eigenvalue weighted by molar-refractivity contribution is -0.145. The van der Waals surface area contributed by atoms with Gasteiger partial charge in [0.15, 0.2) is 0 Å². The number of para-hydroxylation sites is 2. The van der Waals surface area contributed by atoms with Crippen LogP contribution in [0.3, 0.4) is 0 Å². The van der Waals surface area contributed by atoms with Gasteiger partial charge in [-0.15, -0.1) is 45.3 Å². The van der Waals surface area contributed by atoms with E-state index in [1.165, 1.54) is 28.7 Å². The lowest BCUT2D eigenvalue weighted by Gasteiger charge is -2.30. The molecule has 2 aromatic carbocycles. The number of nitrogens with zero attached hydrogens (tertiary/aromatic N) is 4. The van der Waals surface area contributed by atoms with Crippen LogP contribution in [0.4, 0.5) is 19.6 Å². The summed E-state index contributed by atoms with van der Waals surface area (Å²) in [5, 5.41) is 12.5. The number of carbonyl (C=O) groups is 6. The molecular formula is C62H84N8O14S4. The fourth-order valence-corrected chi connectivity index (χ4v) is 13.5. The first kappa shape index (κ1) is 70.6. The van der Waals surface area contributed by atoms with E-state index in [2.05, 4.69) is 22.5 Å². The van der Waals surface area contributed by atoms with Crippen molar-refractivity contribution in [2.75, 3.05) is 109 Å². The maximum atomic E-state index is 13.0. The number of thiophene rings is 2. The molecule has 0 radical (unpaired) electrons. The van der Waals surface area contributed by atoms with Gasteiger partial charge >= 0.3 is 24.1 Å². The summed E-state index contributed by atoms with van der Waals surface area (Å²) in [7, 11) is 0. The number of rotatable bonds is 27. The molecule has 0 saturated heterocycles. The first-order chi connectivity index (χ1) is 42.2. The van der Waals surface area contributed by atoms with Gasteiger partial charge in [0, 0.05) is 60.0 Å². The Morgan fingerprint density at radius 2 is 1.03 bits per heavy atom. The van der Waals surface area contributed by atoms with E-state index in [0.29, 0.717) is 138 Å². The van der Waals surface area contributed by atoms with Crippen LogP contribution in [0.5, 0.6) is 0 Å². The quantitative estimate of drug-likeness (QED) is 0.0161. The van der Waals surface area contributed by atoms with Crippen molar-refractivity contribution in [2.24, 2.45) is 5.73 Å². The Hall–Kier alpha value is -6.46.